The standard InChI is InChI=1S/C9H12/c1-8(2)3-4-9(7-8)5-6-9/h3-4H,5-6H2,1-2H3. The number of hydrogen-bond donors (Lipinski definition) is 0. The van der Waals surface area contributed by atoms with Gasteiger partial charge in [0.1, 0.15) is 0 Å². The van der Waals surface area contributed by atoms with Crippen molar-refractivity contribution in [3.8, 4) is 0 Å². The molecule has 48 valence electrons. The zero-order valence-electron chi connectivity index (χ0n) is 6.07. The fourth-order valence-electron chi connectivity index (χ4n) is 1.52. The maximum atomic E-state index is 3.57. The van der Waals surface area contributed by atoms with Crippen LogP contribution in [0.2, 0.25) is 0 Å². The topological polar surface area (TPSA) is 0 Å². The van der Waals surface area contributed by atoms with Crippen molar-refractivity contribution < 1.29 is 0 Å². The Morgan fingerprint density at radius 1 is 1.22 bits per heavy atom. The summed E-state index contributed by atoms with van der Waals surface area (Å²) >= 11 is 0. The summed E-state index contributed by atoms with van der Waals surface area (Å²) in [6.45, 7) is 4.44. The summed E-state index contributed by atoms with van der Waals surface area (Å²) in [6.07, 6.45) is 10.9. The average Bonchev–Trinajstić information content (AvgIpc) is 2.36. The van der Waals surface area contributed by atoms with Gasteiger partial charge in [0.15, 0.2) is 0 Å². The summed E-state index contributed by atoms with van der Waals surface area (Å²) in [7, 11) is 0. The molecular weight excluding hydrogens is 108 g/mol. The maximum absolute atomic E-state index is 3.57. The summed E-state index contributed by atoms with van der Waals surface area (Å²) in [4.78, 5) is 0. The molecule has 0 aromatic carbocycles. The molecule has 0 atom stereocenters. The Morgan fingerprint density at radius 3 is 2.11 bits per heavy atom. The fourth-order valence-corrected chi connectivity index (χ4v) is 1.52. The van der Waals surface area contributed by atoms with Gasteiger partial charge < -0.3 is 0 Å². The van der Waals surface area contributed by atoms with Crippen molar-refractivity contribution in [1.29, 1.82) is 0 Å². The highest BCUT2D eigenvalue weighted by atomic mass is 14.5. The van der Waals surface area contributed by atoms with Gasteiger partial charge in [-0.2, -0.15) is 0 Å². The normalized spacial score (nSPS) is 33.6. The molecule has 0 aromatic rings. The van der Waals surface area contributed by atoms with Gasteiger partial charge in [-0.1, -0.05) is 26.0 Å². The van der Waals surface area contributed by atoms with Gasteiger partial charge in [-0.25, -0.2) is 0 Å². The molecule has 2 aliphatic rings. The summed E-state index contributed by atoms with van der Waals surface area (Å²) in [6, 6.07) is 0. The van der Waals surface area contributed by atoms with Crippen LogP contribution in [0.4, 0.5) is 0 Å². The monoisotopic (exact) mass is 120 g/mol. The second-order valence-corrected chi connectivity index (χ2v) is 3.84. The van der Waals surface area contributed by atoms with E-state index in [-0.39, 0.29) is 5.41 Å². The van der Waals surface area contributed by atoms with Crippen molar-refractivity contribution in [2.24, 2.45) is 10.8 Å². The highest BCUT2D eigenvalue weighted by molar-refractivity contribution is 5.29. The molecule has 9 heavy (non-hydrogen) atoms. The van der Waals surface area contributed by atoms with E-state index in [4.69, 9.17) is 0 Å². The van der Waals surface area contributed by atoms with Crippen LogP contribution in [-0.4, -0.2) is 0 Å². The van der Waals surface area contributed by atoms with Gasteiger partial charge in [-0.3, -0.25) is 0 Å². The molecule has 0 heteroatoms. The Morgan fingerprint density at radius 2 is 1.89 bits per heavy atom. The minimum Gasteiger partial charge on any atom is -0.0816 e. The third-order valence-electron chi connectivity index (χ3n) is 2.18. The molecule has 0 aliphatic heterocycles. The molecule has 1 saturated carbocycles. The molecule has 1 spiro atoms. The van der Waals surface area contributed by atoms with Crippen molar-refractivity contribution in [2.75, 3.05) is 0 Å². The molecule has 2 aliphatic carbocycles. The van der Waals surface area contributed by atoms with E-state index in [1.54, 1.807) is 0 Å². The van der Waals surface area contributed by atoms with E-state index in [1.807, 2.05) is 0 Å². The lowest BCUT2D eigenvalue weighted by atomic mass is 9.89. The predicted octanol–water partition coefficient (Wildman–Crippen LogP) is 2.44. The van der Waals surface area contributed by atoms with Crippen LogP contribution in [0, 0.1) is 17.3 Å². The first kappa shape index (κ1) is 5.52. The second kappa shape index (κ2) is 1.25. The van der Waals surface area contributed by atoms with E-state index in [0.29, 0.717) is 5.41 Å². The molecule has 0 amide bonds. The minimum absolute atomic E-state index is 0.260. The van der Waals surface area contributed by atoms with Gasteiger partial charge in [-0.05, 0) is 23.7 Å². The lowest BCUT2D eigenvalue weighted by Crippen LogP contribution is -2.07. The first-order chi connectivity index (χ1) is 4.12. The highest BCUT2D eigenvalue weighted by Crippen LogP contribution is 2.58. The zero-order chi connectivity index (χ0) is 6.54. The number of hydrogen-bond acceptors (Lipinski definition) is 0. The molecule has 0 unspecified atom stereocenters. The van der Waals surface area contributed by atoms with Crippen LogP contribution in [-0.2, 0) is 0 Å². The van der Waals surface area contributed by atoms with Gasteiger partial charge in [0.05, 0.1) is 0 Å². The molecule has 0 N–H and O–H groups in total. The van der Waals surface area contributed by atoms with Crippen molar-refractivity contribution in [1.82, 2.24) is 0 Å². The Balaban J connectivity index is 2.19. The lowest BCUT2D eigenvalue weighted by Gasteiger charge is -2.14. The molecular formula is C9H12. The molecule has 0 heterocycles. The molecule has 0 aromatic heterocycles. The number of rotatable bonds is 0. The van der Waals surface area contributed by atoms with Gasteiger partial charge in [0.2, 0.25) is 0 Å². The molecule has 0 saturated heterocycles. The van der Waals surface area contributed by atoms with E-state index in [1.165, 1.54) is 12.8 Å². The fraction of sp³-hybridized carbons (Fsp3) is 0.667. The van der Waals surface area contributed by atoms with Gasteiger partial charge in [0.25, 0.3) is 0 Å². The van der Waals surface area contributed by atoms with Crippen molar-refractivity contribution >= 4 is 0 Å². The van der Waals surface area contributed by atoms with Gasteiger partial charge >= 0.3 is 0 Å². The highest BCUT2D eigenvalue weighted by Gasteiger charge is 2.47. The van der Waals surface area contributed by atoms with Crippen LogP contribution >= 0.6 is 0 Å². The molecule has 1 fully saturated rings. The van der Waals surface area contributed by atoms with Crippen LogP contribution in [0.3, 0.4) is 0 Å². The van der Waals surface area contributed by atoms with Crippen LogP contribution < -0.4 is 0 Å². The Kier molecular flexibility index (Phi) is 0.769. The van der Waals surface area contributed by atoms with E-state index >= 15 is 0 Å². The third kappa shape index (κ3) is 0.810. The predicted molar refractivity (Wildman–Crippen MR) is 37.8 cm³/mol. The Hall–Kier alpha value is -0.260. The third-order valence-corrected chi connectivity index (χ3v) is 2.18. The summed E-state index contributed by atoms with van der Waals surface area (Å²) in [5, 5.41) is 0. The van der Waals surface area contributed by atoms with Crippen molar-refractivity contribution in [2.45, 2.75) is 26.7 Å². The Labute approximate surface area is 57.0 Å². The summed E-state index contributed by atoms with van der Waals surface area (Å²) < 4.78 is 0. The van der Waals surface area contributed by atoms with Gasteiger partial charge in [-0.15, -0.1) is 0 Å². The van der Waals surface area contributed by atoms with Crippen LogP contribution in [0.25, 0.3) is 0 Å². The maximum Gasteiger partial charge on any atom is 0.00373 e. The van der Waals surface area contributed by atoms with Crippen LogP contribution in [0.15, 0.2) is 12.2 Å². The zero-order valence-corrected chi connectivity index (χ0v) is 6.07. The van der Waals surface area contributed by atoms with Crippen molar-refractivity contribution in [3.63, 3.8) is 0 Å². The van der Waals surface area contributed by atoms with E-state index in [9.17, 15) is 0 Å². The van der Waals surface area contributed by atoms with E-state index in [0.717, 1.165) is 0 Å². The van der Waals surface area contributed by atoms with Crippen LogP contribution in [0.5, 0.6) is 0 Å². The van der Waals surface area contributed by atoms with Crippen LogP contribution in [0.1, 0.15) is 26.7 Å². The summed E-state index contributed by atoms with van der Waals surface area (Å²) in [5.41, 5.74) is 0.708. The molecule has 2 radical (unpaired) electrons. The molecule has 0 nitrogen and oxygen atoms in total. The number of allylic oxidation sites excluding steroid dienone is 2. The molecule has 2 rings (SSSR count). The Bertz CT molecular complexity index is 153. The second-order valence-electron chi connectivity index (χ2n) is 3.84. The SMILES string of the molecule is CC1(C)[C]C2(C=C1)CC2. The quantitative estimate of drug-likeness (QED) is 0.431. The van der Waals surface area contributed by atoms with E-state index < -0.39 is 0 Å². The first-order valence-corrected chi connectivity index (χ1v) is 3.62. The van der Waals surface area contributed by atoms with Crippen molar-refractivity contribution in [3.05, 3.63) is 18.6 Å². The lowest BCUT2D eigenvalue weighted by molar-refractivity contribution is 0.534. The average molecular weight is 120 g/mol. The van der Waals surface area contributed by atoms with Gasteiger partial charge in [0, 0.05) is 6.42 Å². The smallest absolute Gasteiger partial charge is 0.00373 e. The summed E-state index contributed by atoms with van der Waals surface area (Å²) in [5.74, 6) is 0. The molecule has 0 bridgehead atoms. The van der Waals surface area contributed by atoms with E-state index in [2.05, 4.69) is 32.4 Å². The first-order valence-electron chi connectivity index (χ1n) is 3.62. The minimum atomic E-state index is 0.260. The largest absolute Gasteiger partial charge is 0.0816 e.